The van der Waals surface area contributed by atoms with Gasteiger partial charge in [0.25, 0.3) is 0 Å². The number of esters is 1. The highest BCUT2D eigenvalue weighted by atomic mass is 16.6. The third-order valence-corrected chi connectivity index (χ3v) is 7.51. The van der Waals surface area contributed by atoms with Gasteiger partial charge < -0.3 is 9.64 Å². The quantitative estimate of drug-likeness (QED) is 0.562. The van der Waals surface area contributed by atoms with Gasteiger partial charge in [-0.1, -0.05) is 25.0 Å². The normalized spacial score (nSPS) is 41.1. The summed E-state index contributed by atoms with van der Waals surface area (Å²) in [6, 6.07) is 0. The predicted molar refractivity (Wildman–Crippen MR) is 95.6 cm³/mol. The van der Waals surface area contributed by atoms with Crippen LogP contribution in [0.2, 0.25) is 0 Å². The number of allylic oxidation sites excluding steroid dienone is 2. The number of hydrogen-bond acceptors (Lipinski definition) is 3. The largest absolute Gasteiger partial charge is 0.462 e. The van der Waals surface area contributed by atoms with Crippen LogP contribution in [0.25, 0.3) is 0 Å². The smallest absolute Gasteiger partial charge is 0.310 e. The van der Waals surface area contributed by atoms with Crippen molar-refractivity contribution >= 4 is 5.97 Å². The van der Waals surface area contributed by atoms with Gasteiger partial charge in [0.15, 0.2) is 0 Å². The van der Waals surface area contributed by atoms with E-state index in [9.17, 15) is 4.79 Å². The van der Waals surface area contributed by atoms with E-state index in [0.717, 1.165) is 38.4 Å². The Kier molecular flexibility index (Phi) is 4.27. The van der Waals surface area contributed by atoms with Crippen LogP contribution in [-0.4, -0.2) is 36.6 Å². The number of rotatable bonds is 2. The first-order chi connectivity index (χ1) is 11.5. The maximum Gasteiger partial charge on any atom is 0.310 e. The highest BCUT2D eigenvalue weighted by Gasteiger charge is 2.53. The Balaban J connectivity index is 1.50. The van der Waals surface area contributed by atoms with Crippen molar-refractivity contribution in [3.05, 3.63) is 11.1 Å². The Morgan fingerprint density at radius 2 is 2.04 bits per heavy atom. The van der Waals surface area contributed by atoms with E-state index in [-0.39, 0.29) is 18.0 Å². The summed E-state index contributed by atoms with van der Waals surface area (Å²) in [5.74, 6) is 1.46. The maximum atomic E-state index is 12.6. The molecule has 0 unspecified atom stereocenters. The summed E-state index contributed by atoms with van der Waals surface area (Å²) in [5.41, 5.74) is 3.57. The van der Waals surface area contributed by atoms with Crippen LogP contribution < -0.4 is 0 Å². The highest BCUT2D eigenvalue weighted by molar-refractivity contribution is 5.76. The van der Waals surface area contributed by atoms with Crippen molar-refractivity contribution in [2.24, 2.45) is 23.2 Å². The zero-order valence-corrected chi connectivity index (χ0v) is 15.6. The lowest BCUT2D eigenvalue weighted by atomic mass is 9.59. The molecule has 3 fully saturated rings. The van der Waals surface area contributed by atoms with Gasteiger partial charge in [0, 0.05) is 12.5 Å². The molecule has 3 nitrogen and oxygen atoms in total. The van der Waals surface area contributed by atoms with E-state index in [2.05, 4.69) is 25.7 Å². The number of piperidine rings is 1. The fourth-order valence-electron chi connectivity index (χ4n) is 5.84. The van der Waals surface area contributed by atoms with Gasteiger partial charge in [-0.2, -0.15) is 0 Å². The first-order valence-electron chi connectivity index (χ1n) is 10.1. The predicted octanol–water partition coefficient (Wildman–Crippen LogP) is 4.18. The van der Waals surface area contributed by atoms with Gasteiger partial charge in [-0.25, -0.2) is 0 Å². The molecule has 3 heteroatoms. The number of fused-ring (bicyclic) bond motifs is 2. The van der Waals surface area contributed by atoms with Gasteiger partial charge in [0.2, 0.25) is 0 Å². The number of ether oxygens (including phenoxy) is 1. The molecule has 2 heterocycles. The van der Waals surface area contributed by atoms with Crippen LogP contribution in [0.1, 0.15) is 65.7 Å². The monoisotopic (exact) mass is 331 g/mol. The molecule has 2 aliphatic carbocycles. The van der Waals surface area contributed by atoms with Crippen molar-refractivity contribution in [3.63, 3.8) is 0 Å². The summed E-state index contributed by atoms with van der Waals surface area (Å²) in [7, 11) is 0. The second-order valence-corrected chi connectivity index (χ2v) is 9.31. The lowest BCUT2D eigenvalue weighted by Crippen LogP contribution is -2.43. The fourth-order valence-corrected chi connectivity index (χ4v) is 5.84. The van der Waals surface area contributed by atoms with E-state index < -0.39 is 0 Å². The molecule has 1 saturated carbocycles. The molecule has 0 aromatic rings. The molecule has 4 atom stereocenters. The Morgan fingerprint density at radius 1 is 1.29 bits per heavy atom. The average Bonchev–Trinajstić information content (AvgIpc) is 2.82. The zero-order chi connectivity index (χ0) is 16.9. The van der Waals surface area contributed by atoms with Crippen LogP contribution in [-0.2, 0) is 9.53 Å². The lowest BCUT2D eigenvalue weighted by Gasteiger charge is -2.46. The zero-order valence-electron chi connectivity index (χ0n) is 15.6. The molecule has 0 aromatic carbocycles. The Labute approximate surface area is 146 Å². The van der Waals surface area contributed by atoms with E-state index in [1.165, 1.54) is 32.1 Å². The summed E-state index contributed by atoms with van der Waals surface area (Å²) in [6.45, 7) is 10.3. The number of carbonyl (C=O) groups excluding carboxylic acids is 1. The van der Waals surface area contributed by atoms with Crippen LogP contribution >= 0.6 is 0 Å². The molecular weight excluding hydrogens is 298 g/mol. The highest BCUT2D eigenvalue weighted by Crippen LogP contribution is 2.55. The van der Waals surface area contributed by atoms with Gasteiger partial charge in [0.05, 0.1) is 5.92 Å². The lowest BCUT2D eigenvalue weighted by molar-refractivity contribution is -0.145. The van der Waals surface area contributed by atoms with Crippen molar-refractivity contribution in [3.8, 4) is 0 Å². The molecule has 2 saturated heterocycles. The van der Waals surface area contributed by atoms with E-state index in [1.54, 1.807) is 11.1 Å². The molecule has 134 valence electrons. The summed E-state index contributed by atoms with van der Waals surface area (Å²) in [6.07, 6.45) is 8.71. The number of carbonyl (C=O) groups is 1. The Hall–Kier alpha value is -0.830. The molecule has 0 amide bonds. The number of likely N-dealkylation sites (tertiary alicyclic amines) is 1. The molecule has 0 N–H and O–H groups in total. The summed E-state index contributed by atoms with van der Waals surface area (Å²) in [5, 5.41) is 0. The van der Waals surface area contributed by atoms with Gasteiger partial charge >= 0.3 is 5.97 Å². The van der Waals surface area contributed by atoms with E-state index in [0.29, 0.717) is 11.3 Å². The number of hydrogen-bond donors (Lipinski definition) is 0. The van der Waals surface area contributed by atoms with Crippen LogP contribution in [0.15, 0.2) is 11.1 Å². The minimum atomic E-state index is 0.0871. The van der Waals surface area contributed by atoms with Crippen LogP contribution in [0.4, 0.5) is 0 Å². The third-order valence-electron chi connectivity index (χ3n) is 7.51. The standard InChI is InChI=1S/C21H33NO2/c1-14-6-9-22(10-7-14)13-17-16-11-18-15(2)5-4-8-21(18,3)12-19(16)24-20(17)23/h14,16-17,19H,4-13H2,1-3H3/t16-,17+,19-,21-/m1/s1. The Bertz CT molecular complexity index is 546. The minimum Gasteiger partial charge on any atom is -0.462 e. The molecule has 4 aliphatic rings. The number of nitrogens with zero attached hydrogens (tertiary/aromatic N) is 1. The van der Waals surface area contributed by atoms with Crippen molar-refractivity contribution in [1.29, 1.82) is 0 Å². The molecule has 4 rings (SSSR count). The first-order valence-corrected chi connectivity index (χ1v) is 10.1. The summed E-state index contributed by atoms with van der Waals surface area (Å²) >= 11 is 0. The van der Waals surface area contributed by atoms with Gasteiger partial charge in [0.1, 0.15) is 6.10 Å². The minimum absolute atomic E-state index is 0.0871. The summed E-state index contributed by atoms with van der Waals surface area (Å²) in [4.78, 5) is 15.1. The van der Waals surface area contributed by atoms with Gasteiger partial charge in [-0.15, -0.1) is 0 Å². The molecule has 2 aliphatic heterocycles. The van der Waals surface area contributed by atoms with E-state index in [1.807, 2.05) is 0 Å². The first kappa shape index (κ1) is 16.6. The topological polar surface area (TPSA) is 29.5 Å². The second-order valence-electron chi connectivity index (χ2n) is 9.31. The van der Waals surface area contributed by atoms with Crippen molar-refractivity contribution in [2.75, 3.05) is 19.6 Å². The van der Waals surface area contributed by atoms with Crippen LogP contribution in [0.5, 0.6) is 0 Å². The van der Waals surface area contributed by atoms with Gasteiger partial charge in [-0.05, 0) is 76.3 Å². The molecule has 24 heavy (non-hydrogen) atoms. The molecule has 0 aromatic heterocycles. The SMILES string of the molecule is CC1=C2C[C@@H]3[C@H](CN4CCC(C)CC4)C(=O)O[C@@H]3C[C@@]2(C)CCC1. The third kappa shape index (κ3) is 2.83. The molecule has 0 radical (unpaired) electrons. The van der Waals surface area contributed by atoms with Gasteiger partial charge in [-0.3, -0.25) is 4.79 Å². The molecule has 0 spiro atoms. The van der Waals surface area contributed by atoms with Crippen molar-refractivity contribution in [2.45, 2.75) is 71.8 Å². The average molecular weight is 332 g/mol. The van der Waals surface area contributed by atoms with Crippen LogP contribution in [0, 0.1) is 23.2 Å². The van der Waals surface area contributed by atoms with Crippen LogP contribution in [0.3, 0.4) is 0 Å². The second kappa shape index (κ2) is 6.16. The fraction of sp³-hybridized carbons (Fsp3) is 0.857. The van der Waals surface area contributed by atoms with E-state index >= 15 is 0 Å². The maximum absolute atomic E-state index is 12.6. The van der Waals surface area contributed by atoms with Crippen molar-refractivity contribution in [1.82, 2.24) is 4.90 Å². The Morgan fingerprint density at radius 3 is 2.79 bits per heavy atom. The molecule has 0 bridgehead atoms. The van der Waals surface area contributed by atoms with Crippen molar-refractivity contribution < 1.29 is 9.53 Å². The van der Waals surface area contributed by atoms with E-state index in [4.69, 9.17) is 4.74 Å². The molecular formula is C21H33NO2. The summed E-state index contributed by atoms with van der Waals surface area (Å²) < 4.78 is 5.90.